The predicted octanol–water partition coefficient (Wildman–Crippen LogP) is 17.3. The summed E-state index contributed by atoms with van der Waals surface area (Å²) in [7, 11) is 0. The molecule has 2 heterocycles. The molecule has 1 unspecified atom stereocenters. The van der Waals surface area contributed by atoms with E-state index in [9.17, 15) is 0 Å². The van der Waals surface area contributed by atoms with Crippen molar-refractivity contribution in [2.75, 3.05) is 0 Å². The van der Waals surface area contributed by atoms with Crippen molar-refractivity contribution in [3.8, 4) is 50.2 Å². The first-order chi connectivity index (χ1) is 32.7. The summed E-state index contributed by atoms with van der Waals surface area (Å²) in [4.78, 5) is 0. The summed E-state index contributed by atoms with van der Waals surface area (Å²) >= 11 is 0. The Labute approximate surface area is 385 Å². The number of hydrogen-bond acceptors (Lipinski definition) is 1. The summed E-state index contributed by atoms with van der Waals surface area (Å²) in [5.74, 6) is 0.309. The molecule has 314 valence electrons. The number of para-hydroxylation sites is 1. The lowest BCUT2D eigenvalue weighted by Gasteiger charge is -2.19. The van der Waals surface area contributed by atoms with E-state index in [1.807, 2.05) is 0 Å². The van der Waals surface area contributed by atoms with Crippen molar-refractivity contribution in [2.24, 2.45) is 0 Å². The molecule has 0 radical (unpaired) electrons. The number of rotatable bonds is 11. The maximum Gasteiger partial charge on any atom is 0.135 e. The van der Waals surface area contributed by atoms with Gasteiger partial charge in [-0.3, -0.25) is 0 Å². The van der Waals surface area contributed by atoms with Gasteiger partial charge in [0.05, 0.1) is 11.0 Å². The Morgan fingerprint density at radius 2 is 0.742 bits per heavy atom. The van der Waals surface area contributed by atoms with E-state index in [2.05, 4.69) is 247 Å². The lowest BCUT2D eigenvalue weighted by molar-refractivity contribution is 0.621. The Morgan fingerprint density at radius 1 is 0.333 bits per heavy atom. The third-order valence-corrected chi connectivity index (χ3v) is 13.6. The molecule has 10 aromatic carbocycles. The van der Waals surface area contributed by atoms with E-state index in [4.69, 9.17) is 4.42 Å². The quantitative estimate of drug-likeness (QED) is 0.127. The van der Waals surface area contributed by atoms with Gasteiger partial charge >= 0.3 is 0 Å². The molecule has 0 aliphatic rings. The van der Waals surface area contributed by atoms with Gasteiger partial charge in [0, 0.05) is 27.2 Å². The molecule has 0 aliphatic heterocycles. The minimum absolute atomic E-state index is 0.309. The Kier molecular flexibility index (Phi) is 10.2. The Balaban J connectivity index is 0.863. The molecule has 2 nitrogen and oxygen atoms in total. The molecule has 12 rings (SSSR count). The van der Waals surface area contributed by atoms with Crippen molar-refractivity contribution in [3.05, 3.63) is 259 Å². The van der Waals surface area contributed by atoms with Crippen LogP contribution in [-0.2, 0) is 12.8 Å². The van der Waals surface area contributed by atoms with Crippen molar-refractivity contribution in [2.45, 2.75) is 25.2 Å². The second-order valence-electron chi connectivity index (χ2n) is 17.6. The van der Waals surface area contributed by atoms with Crippen LogP contribution in [0.3, 0.4) is 0 Å². The first kappa shape index (κ1) is 39.4. The fourth-order valence-corrected chi connectivity index (χ4v) is 10.1. The van der Waals surface area contributed by atoms with Crippen LogP contribution in [0.25, 0.3) is 93.9 Å². The number of fused-ring (bicyclic) bond motifs is 6. The van der Waals surface area contributed by atoms with Crippen LogP contribution in [0.1, 0.15) is 29.0 Å². The van der Waals surface area contributed by atoms with E-state index in [0.29, 0.717) is 5.92 Å². The first-order valence-electron chi connectivity index (χ1n) is 23.1. The van der Waals surface area contributed by atoms with Gasteiger partial charge in [0.1, 0.15) is 11.2 Å². The highest BCUT2D eigenvalue weighted by atomic mass is 16.3. The molecule has 1 atom stereocenters. The van der Waals surface area contributed by atoms with Crippen LogP contribution in [-0.4, -0.2) is 4.57 Å². The highest BCUT2D eigenvalue weighted by Crippen LogP contribution is 2.39. The van der Waals surface area contributed by atoms with E-state index in [1.54, 1.807) is 0 Å². The molecule has 12 aromatic rings. The monoisotopic (exact) mass is 845 g/mol. The third-order valence-electron chi connectivity index (χ3n) is 13.6. The molecule has 0 spiro atoms. The summed E-state index contributed by atoms with van der Waals surface area (Å²) in [6, 6.07) is 88.5. The van der Waals surface area contributed by atoms with E-state index in [-0.39, 0.29) is 0 Å². The maximum atomic E-state index is 6.42. The van der Waals surface area contributed by atoms with Gasteiger partial charge in [-0.25, -0.2) is 0 Å². The number of benzene rings is 10. The van der Waals surface area contributed by atoms with Crippen LogP contribution >= 0.6 is 0 Å². The average molecular weight is 846 g/mol. The molecule has 0 saturated heterocycles. The lowest BCUT2D eigenvalue weighted by atomic mass is 9.86. The highest BCUT2D eigenvalue weighted by Gasteiger charge is 2.18. The van der Waals surface area contributed by atoms with E-state index in [0.717, 1.165) is 35.8 Å². The largest absolute Gasteiger partial charge is 0.456 e. The summed E-state index contributed by atoms with van der Waals surface area (Å²) in [6.07, 6.45) is 2.94. The number of nitrogens with zero attached hydrogens (tertiary/aromatic N) is 1. The van der Waals surface area contributed by atoms with Crippen LogP contribution in [0.5, 0.6) is 0 Å². The minimum Gasteiger partial charge on any atom is -0.456 e. The van der Waals surface area contributed by atoms with Gasteiger partial charge in [-0.1, -0.05) is 182 Å². The third kappa shape index (κ3) is 7.57. The van der Waals surface area contributed by atoms with Gasteiger partial charge in [0.25, 0.3) is 0 Å². The minimum atomic E-state index is 0.309. The van der Waals surface area contributed by atoms with Gasteiger partial charge in [0.2, 0.25) is 0 Å². The second kappa shape index (κ2) is 17.1. The zero-order valence-corrected chi connectivity index (χ0v) is 36.6. The zero-order valence-electron chi connectivity index (χ0n) is 36.6. The number of hydrogen-bond donors (Lipinski definition) is 0. The van der Waals surface area contributed by atoms with E-state index in [1.165, 1.54) is 94.1 Å². The van der Waals surface area contributed by atoms with E-state index >= 15 is 0 Å². The first-order valence-corrected chi connectivity index (χ1v) is 23.1. The van der Waals surface area contributed by atoms with Crippen molar-refractivity contribution >= 4 is 43.7 Å². The smallest absolute Gasteiger partial charge is 0.135 e. The SMILES string of the molecule is c1ccc(-c2ccc(CC(CCc3ccc(-c4ccc5c(c4)c4cc(-c6ccccc6)ccc4n5-c4ccccc4)cc3)c3ccc4oc5ccc(-c6ccccc6)cc5c4c3)cc2)cc1. The summed E-state index contributed by atoms with van der Waals surface area (Å²) < 4.78 is 8.81. The van der Waals surface area contributed by atoms with Gasteiger partial charge in [-0.2, -0.15) is 0 Å². The molecule has 0 bridgehead atoms. The summed E-state index contributed by atoms with van der Waals surface area (Å²) in [5, 5.41) is 4.85. The summed E-state index contributed by atoms with van der Waals surface area (Å²) in [6.45, 7) is 0. The number of aromatic nitrogens is 1. The molecule has 0 fully saturated rings. The molecule has 66 heavy (non-hydrogen) atoms. The standard InChI is InChI=1S/C64H47NO/c1-5-13-46(14-6-1)49-28-24-45(25-29-49)39-51(55-34-38-64-60(43-55)59-42-54(33-37-63(59)66-64)48-17-9-3-10-18-48)30-23-44-21-26-50(27-22-44)53-32-36-62-58(41-53)57-40-52(47-15-7-2-8-16-47)31-35-61(57)65(62)56-19-11-4-12-20-56/h1-22,24-29,31-38,40-43,51H,23,30,39H2. The second-order valence-corrected chi connectivity index (χ2v) is 17.6. The van der Waals surface area contributed by atoms with Crippen LogP contribution in [0.2, 0.25) is 0 Å². The van der Waals surface area contributed by atoms with Crippen molar-refractivity contribution in [1.82, 2.24) is 4.57 Å². The fraction of sp³-hybridized carbons (Fsp3) is 0.0625. The van der Waals surface area contributed by atoms with Gasteiger partial charge in [-0.05, 0) is 147 Å². The zero-order chi connectivity index (χ0) is 43.8. The molecular weight excluding hydrogens is 799 g/mol. The van der Waals surface area contributed by atoms with Gasteiger partial charge in [-0.15, -0.1) is 0 Å². The average Bonchev–Trinajstić information content (AvgIpc) is 3.93. The molecule has 2 heteroatoms. The molecule has 2 aromatic heterocycles. The van der Waals surface area contributed by atoms with Crippen LogP contribution in [0.4, 0.5) is 0 Å². The van der Waals surface area contributed by atoms with Crippen molar-refractivity contribution in [1.29, 1.82) is 0 Å². The molecule has 0 N–H and O–H groups in total. The number of furan rings is 1. The molecular formula is C64H47NO. The Morgan fingerprint density at radius 3 is 1.30 bits per heavy atom. The van der Waals surface area contributed by atoms with Crippen molar-refractivity contribution < 1.29 is 4.42 Å². The fourth-order valence-electron chi connectivity index (χ4n) is 10.1. The van der Waals surface area contributed by atoms with E-state index < -0.39 is 0 Å². The topological polar surface area (TPSA) is 18.1 Å². The lowest BCUT2D eigenvalue weighted by Crippen LogP contribution is -2.05. The molecule has 0 amide bonds. The highest BCUT2D eigenvalue weighted by molar-refractivity contribution is 6.12. The number of aryl methyl sites for hydroxylation is 1. The maximum absolute atomic E-state index is 6.42. The van der Waals surface area contributed by atoms with Gasteiger partial charge in [0.15, 0.2) is 0 Å². The van der Waals surface area contributed by atoms with Crippen LogP contribution < -0.4 is 0 Å². The molecule has 0 saturated carbocycles. The van der Waals surface area contributed by atoms with Gasteiger partial charge < -0.3 is 8.98 Å². The normalized spacial score (nSPS) is 12.1. The van der Waals surface area contributed by atoms with Crippen molar-refractivity contribution in [3.63, 3.8) is 0 Å². The van der Waals surface area contributed by atoms with Crippen LogP contribution in [0.15, 0.2) is 247 Å². The predicted molar refractivity (Wildman–Crippen MR) is 277 cm³/mol. The summed E-state index contributed by atoms with van der Waals surface area (Å²) in [5.41, 5.74) is 19.3. The van der Waals surface area contributed by atoms with Crippen LogP contribution in [0, 0.1) is 0 Å². The Hall–Kier alpha value is -8.20. The molecule has 0 aliphatic carbocycles. The Bertz CT molecular complexity index is 3620.